The summed E-state index contributed by atoms with van der Waals surface area (Å²) >= 11 is 1.65. The molecule has 0 amide bonds. The number of carbonyl (C=O) groups is 2. The van der Waals surface area contributed by atoms with Crippen LogP contribution in [0.5, 0.6) is 5.75 Å². The van der Waals surface area contributed by atoms with Crippen molar-refractivity contribution in [2.45, 2.75) is 42.7 Å². The Morgan fingerprint density at radius 3 is 2.64 bits per heavy atom. The Morgan fingerprint density at radius 2 is 1.91 bits per heavy atom. The summed E-state index contributed by atoms with van der Waals surface area (Å²) in [6.07, 6.45) is 4.14. The lowest BCUT2D eigenvalue weighted by atomic mass is 9.88. The van der Waals surface area contributed by atoms with Crippen LogP contribution >= 0.6 is 11.8 Å². The Bertz CT molecular complexity index is 636. The second kappa shape index (κ2) is 6.26. The number of carbonyl (C=O) groups excluding carboxylic acids is 2. The summed E-state index contributed by atoms with van der Waals surface area (Å²) in [6.45, 7) is 0. The molecule has 1 aromatic carbocycles. The van der Waals surface area contributed by atoms with Gasteiger partial charge in [0.1, 0.15) is 5.75 Å². The molecule has 0 spiro atoms. The van der Waals surface area contributed by atoms with Crippen molar-refractivity contribution in [2.75, 3.05) is 0 Å². The molecule has 1 aliphatic heterocycles. The summed E-state index contributed by atoms with van der Waals surface area (Å²) in [4.78, 5) is 24.8. The van der Waals surface area contributed by atoms with E-state index >= 15 is 0 Å². The number of phenolic OH excluding ortho intramolecular Hbond substituents is 1. The molecular formula is C17H19NO3S. The molecule has 3 N–H and O–H groups in total. The number of Topliss-reactive ketones (excluding diaryl/α,β-unsaturated/α-hetero) is 2. The van der Waals surface area contributed by atoms with Crippen LogP contribution in [-0.2, 0) is 4.79 Å². The number of fused-ring (bicyclic) bond motifs is 1. The molecule has 1 fully saturated rings. The maximum atomic E-state index is 12.5. The van der Waals surface area contributed by atoms with Gasteiger partial charge in [0, 0.05) is 16.4 Å². The van der Waals surface area contributed by atoms with Crippen molar-refractivity contribution < 1.29 is 14.7 Å². The van der Waals surface area contributed by atoms with Crippen LogP contribution in [0, 0.1) is 0 Å². The smallest absolute Gasteiger partial charge is 0.170 e. The average Bonchev–Trinajstić information content (AvgIpc) is 2.83. The molecule has 4 nitrogen and oxygen atoms in total. The van der Waals surface area contributed by atoms with Gasteiger partial charge in [0.15, 0.2) is 11.6 Å². The van der Waals surface area contributed by atoms with E-state index < -0.39 is 0 Å². The van der Waals surface area contributed by atoms with Crippen LogP contribution in [0.3, 0.4) is 0 Å². The van der Waals surface area contributed by atoms with Gasteiger partial charge in [-0.3, -0.25) is 9.59 Å². The van der Waals surface area contributed by atoms with Crippen LogP contribution in [0.15, 0.2) is 35.4 Å². The third kappa shape index (κ3) is 2.96. The standard InChI is InChI=1S/C17H19NO3S/c18-17-16(12-3-1-2-4-15(12)22-17)14(21)9-13(20)10-5-7-11(19)8-6-10/h5-8,15,17,19H,1-4,9,18H2. The predicted molar refractivity (Wildman–Crippen MR) is 86.9 cm³/mol. The molecule has 1 heterocycles. The number of hydrogen-bond donors (Lipinski definition) is 2. The van der Waals surface area contributed by atoms with Gasteiger partial charge in [-0.25, -0.2) is 0 Å². The number of benzene rings is 1. The van der Waals surface area contributed by atoms with Gasteiger partial charge in [-0.15, -0.1) is 11.8 Å². The monoisotopic (exact) mass is 317 g/mol. The molecular weight excluding hydrogens is 298 g/mol. The fraction of sp³-hybridized carbons (Fsp3) is 0.412. The highest BCUT2D eigenvalue weighted by molar-refractivity contribution is 8.01. The average molecular weight is 317 g/mol. The molecule has 116 valence electrons. The van der Waals surface area contributed by atoms with Gasteiger partial charge in [0.05, 0.1) is 11.8 Å². The number of rotatable bonds is 4. The van der Waals surface area contributed by atoms with Crippen molar-refractivity contribution in [3.05, 3.63) is 41.0 Å². The first-order valence-electron chi connectivity index (χ1n) is 7.55. The largest absolute Gasteiger partial charge is 0.508 e. The van der Waals surface area contributed by atoms with Crippen molar-refractivity contribution in [1.82, 2.24) is 0 Å². The summed E-state index contributed by atoms with van der Waals surface area (Å²) in [5.74, 6) is -0.265. The quantitative estimate of drug-likeness (QED) is 0.659. The lowest BCUT2D eigenvalue weighted by molar-refractivity contribution is -0.114. The molecule has 0 bridgehead atoms. The summed E-state index contributed by atoms with van der Waals surface area (Å²) in [6, 6.07) is 5.98. The zero-order chi connectivity index (χ0) is 15.7. The Morgan fingerprint density at radius 1 is 1.18 bits per heavy atom. The topological polar surface area (TPSA) is 80.4 Å². The summed E-state index contributed by atoms with van der Waals surface area (Å²) < 4.78 is 0. The first-order chi connectivity index (χ1) is 10.6. The maximum absolute atomic E-state index is 12.5. The first-order valence-corrected chi connectivity index (χ1v) is 8.50. The molecule has 3 rings (SSSR count). The van der Waals surface area contributed by atoms with E-state index in [0.717, 1.165) is 19.3 Å². The lowest BCUT2D eigenvalue weighted by Crippen LogP contribution is -2.23. The van der Waals surface area contributed by atoms with Crippen molar-refractivity contribution >= 4 is 23.3 Å². The van der Waals surface area contributed by atoms with Gasteiger partial charge in [-0.05, 0) is 49.1 Å². The Labute approximate surface area is 133 Å². The summed E-state index contributed by atoms with van der Waals surface area (Å²) in [5, 5.41) is 9.33. The van der Waals surface area contributed by atoms with E-state index in [2.05, 4.69) is 0 Å². The van der Waals surface area contributed by atoms with Crippen molar-refractivity contribution in [1.29, 1.82) is 0 Å². The van der Waals surface area contributed by atoms with Crippen LogP contribution < -0.4 is 5.73 Å². The number of aromatic hydroxyl groups is 1. The third-order valence-electron chi connectivity index (χ3n) is 4.30. The highest BCUT2D eigenvalue weighted by atomic mass is 32.2. The van der Waals surface area contributed by atoms with E-state index in [0.29, 0.717) is 16.4 Å². The predicted octanol–water partition coefficient (Wildman–Crippen LogP) is 2.80. The molecule has 2 atom stereocenters. The molecule has 0 radical (unpaired) electrons. The highest BCUT2D eigenvalue weighted by Gasteiger charge is 2.37. The van der Waals surface area contributed by atoms with E-state index in [9.17, 15) is 14.7 Å². The van der Waals surface area contributed by atoms with Crippen molar-refractivity contribution in [3.63, 3.8) is 0 Å². The third-order valence-corrected chi connectivity index (χ3v) is 5.68. The Hall–Kier alpha value is -1.59. The van der Waals surface area contributed by atoms with Gasteiger partial charge in [-0.1, -0.05) is 6.42 Å². The van der Waals surface area contributed by atoms with Gasteiger partial charge in [-0.2, -0.15) is 0 Å². The molecule has 22 heavy (non-hydrogen) atoms. The number of ketones is 2. The van der Waals surface area contributed by atoms with Crippen molar-refractivity contribution in [3.8, 4) is 5.75 Å². The first kappa shape index (κ1) is 15.3. The Kier molecular flexibility index (Phi) is 4.36. The fourth-order valence-corrected chi connectivity index (χ4v) is 4.68. The van der Waals surface area contributed by atoms with Crippen LogP contribution in [0.4, 0.5) is 0 Å². The normalized spacial score (nSPS) is 24.2. The van der Waals surface area contributed by atoms with Gasteiger partial charge in [0.2, 0.25) is 0 Å². The van der Waals surface area contributed by atoms with E-state index in [1.54, 1.807) is 11.8 Å². The van der Waals surface area contributed by atoms with E-state index in [1.807, 2.05) is 0 Å². The van der Waals surface area contributed by atoms with E-state index in [1.165, 1.54) is 36.3 Å². The van der Waals surface area contributed by atoms with Crippen LogP contribution in [-0.4, -0.2) is 27.3 Å². The minimum atomic E-state index is -0.293. The second-order valence-electron chi connectivity index (χ2n) is 5.80. The fourth-order valence-electron chi connectivity index (χ4n) is 3.19. The van der Waals surface area contributed by atoms with Gasteiger partial charge < -0.3 is 10.8 Å². The van der Waals surface area contributed by atoms with Crippen LogP contribution in [0.25, 0.3) is 0 Å². The zero-order valence-electron chi connectivity index (χ0n) is 12.2. The van der Waals surface area contributed by atoms with Crippen LogP contribution in [0.2, 0.25) is 0 Å². The SMILES string of the molecule is NC1SC2CCCCC2=C1C(=O)CC(=O)c1ccc(O)cc1. The summed E-state index contributed by atoms with van der Waals surface area (Å²) in [7, 11) is 0. The Balaban J connectivity index is 1.76. The minimum absolute atomic E-state index is 0.104. The number of nitrogens with two attached hydrogens (primary N) is 1. The number of phenols is 1. The molecule has 1 aliphatic carbocycles. The molecule has 1 aromatic rings. The van der Waals surface area contributed by atoms with Crippen LogP contribution in [0.1, 0.15) is 42.5 Å². The molecule has 2 aliphatic rings. The minimum Gasteiger partial charge on any atom is -0.508 e. The maximum Gasteiger partial charge on any atom is 0.170 e. The zero-order valence-corrected chi connectivity index (χ0v) is 13.1. The van der Waals surface area contributed by atoms with Gasteiger partial charge >= 0.3 is 0 Å². The second-order valence-corrected chi connectivity index (χ2v) is 7.15. The molecule has 0 aromatic heterocycles. The highest BCUT2D eigenvalue weighted by Crippen LogP contribution is 2.44. The van der Waals surface area contributed by atoms with E-state index in [4.69, 9.17) is 5.73 Å². The molecule has 2 unspecified atom stereocenters. The number of hydrogen-bond acceptors (Lipinski definition) is 5. The van der Waals surface area contributed by atoms with E-state index in [-0.39, 0.29) is 29.1 Å². The van der Waals surface area contributed by atoms with Gasteiger partial charge in [0.25, 0.3) is 0 Å². The molecule has 1 saturated carbocycles. The van der Waals surface area contributed by atoms with Crippen molar-refractivity contribution in [2.24, 2.45) is 5.73 Å². The number of thioether (sulfide) groups is 1. The summed E-state index contributed by atoms with van der Waals surface area (Å²) in [5.41, 5.74) is 8.41. The molecule has 5 heteroatoms. The molecule has 0 saturated heterocycles. The lowest BCUT2D eigenvalue weighted by Gasteiger charge is -2.19.